The third kappa shape index (κ3) is 7.82. The van der Waals surface area contributed by atoms with Crippen molar-refractivity contribution in [2.24, 2.45) is 0 Å². The molecule has 3 aromatic carbocycles. The zero-order valence-electron chi connectivity index (χ0n) is 23.5. The Labute approximate surface area is 245 Å². The van der Waals surface area contributed by atoms with Crippen LogP contribution in [-0.2, 0) is 38.8 Å². The van der Waals surface area contributed by atoms with Gasteiger partial charge in [0.25, 0.3) is 0 Å². The maximum Gasteiger partial charge on any atom is 0.303 e. The molecular formula is C33H37N3O6. The molecule has 9 heteroatoms. The number of rotatable bonds is 13. The summed E-state index contributed by atoms with van der Waals surface area (Å²) in [5.41, 5.74) is 5.73. The van der Waals surface area contributed by atoms with Gasteiger partial charge in [0.2, 0.25) is 5.91 Å². The maximum atomic E-state index is 12.2. The van der Waals surface area contributed by atoms with Gasteiger partial charge in [-0.3, -0.25) is 9.59 Å². The number of fused-ring (bicyclic) bond motifs is 1. The fraction of sp³-hybridized carbons (Fsp3) is 0.364. The Hall–Kier alpha value is -4.05. The summed E-state index contributed by atoms with van der Waals surface area (Å²) in [7, 11) is 0. The number of carboxylic acids is 1. The van der Waals surface area contributed by atoms with Crippen molar-refractivity contribution in [2.75, 3.05) is 0 Å². The lowest BCUT2D eigenvalue weighted by Crippen LogP contribution is -2.32. The number of carbonyl (C=O) groups is 2. The van der Waals surface area contributed by atoms with Crippen LogP contribution in [0.1, 0.15) is 73.2 Å². The van der Waals surface area contributed by atoms with E-state index in [0.717, 1.165) is 39.7 Å². The minimum atomic E-state index is -0.804. The molecule has 0 aliphatic carbocycles. The molecule has 1 amide bonds. The van der Waals surface area contributed by atoms with Gasteiger partial charge >= 0.3 is 5.97 Å². The van der Waals surface area contributed by atoms with Crippen LogP contribution in [0, 0.1) is 0 Å². The molecule has 3 atom stereocenters. The molecule has 3 N–H and O–H groups in total. The number of nitrogens with one attached hydrogen (secondary N) is 1. The van der Waals surface area contributed by atoms with E-state index in [1.165, 1.54) is 0 Å². The first kappa shape index (κ1) is 29.4. The van der Waals surface area contributed by atoms with Crippen molar-refractivity contribution in [2.45, 2.75) is 76.7 Å². The van der Waals surface area contributed by atoms with E-state index < -0.39 is 12.3 Å². The number of aliphatic hydroxyl groups excluding tert-OH is 1. The Morgan fingerprint density at radius 1 is 0.881 bits per heavy atom. The van der Waals surface area contributed by atoms with Crippen molar-refractivity contribution in [1.82, 2.24) is 14.9 Å². The van der Waals surface area contributed by atoms with Gasteiger partial charge in [-0.05, 0) is 41.7 Å². The summed E-state index contributed by atoms with van der Waals surface area (Å²) in [6.45, 7) is 1.04. The molecule has 0 radical (unpaired) electrons. The topological polar surface area (TPSA) is 123 Å². The maximum absolute atomic E-state index is 12.2. The van der Waals surface area contributed by atoms with Crippen LogP contribution >= 0.6 is 0 Å². The number of aliphatic carboxylic acids is 1. The number of aliphatic hydroxyl groups is 1. The number of nitrogens with zero attached hydrogens (tertiary/aromatic N) is 2. The zero-order chi connectivity index (χ0) is 29.3. The second kappa shape index (κ2) is 14.2. The number of benzene rings is 3. The molecule has 1 aromatic heterocycles. The molecule has 0 bridgehead atoms. The number of ether oxygens (including phenoxy) is 2. The Kier molecular flexibility index (Phi) is 9.97. The van der Waals surface area contributed by atoms with Crippen LogP contribution in [0.2, 0.25) is 0 Å². The van der Waals surface area contributed by atoms with Crippen molar-refractivity contribution in [3.05, 3.63) is 101 Å². The summed E-state index contributed by atoms with van der Waals surface area (Å²) >= 11 is 0. The molecular weight excluding hydrogens is 534 g/mol. The normalized spacial score (nSPS) is 18.6. The van der Waals surface area contributed by atoms with Gasteiger partial charge in [0.15, 0.2) is 6.29 Å². The monoisotopic (exact) mass is 571 g/mol. The number of aromatic nitrogens is 2. The molecule has 5 rings (SSSR count). The van der Waals surface area contributed by atoms with E-state index in [1.54, 1.807) is 0 Å². The molecule has 220 valence electrons. The van der Waals surface area contributed by atoms with Crippen LogP contribution in [0.4, 0.5) is 0 Å². The Bertz CT molecular complexity index is 1470. The van der Waals surface area contributed by atoms with Gasteiger partial charge in [-0.15, -0.1) is 0 Å². The summed E-state index contributed by atoms with van der Waals surface area (Å²) < 4.78 is 15.1. The SMILES string of the molecule is O=C(O)CCCCCC(=O)NCc1ccc([C@@H]2O[C@H](Cn3cnc4ccccc43)C[C@H](c3ccc(CO)cc3)O2)cc1. The van der Waals surface area contributed by atoms with Crippen molar-refractivity contribution in [3.8, 4) is 0 Å². The van der Waals surface area contributed by atoms with Crippen LogP contribution < -0.4 is 5.32 Å². The predicted molar refractivity (Wildman–Crippen MR) is 157 cm³/mol. The zero-order valence-corrected chi connectivity index (χ0v) is 23.5. The second-order valence-electron chi connectivity index (χ2n) is 10.7. The van der Waals surface area contributed by atoms with Crippen LogP contribution in [0.15, 0.2) is 79.1 Å². The van der Waals surface area contributed by atoms with E-state index in [9.17, 15) is 14.7 Å². The van der Waals surface area contributed by atoms with Gasteiger partial charge in [-0.1, -0.05) is 67.1 Å². The van der Waals surface area contributed by atoms with Gasteiger partial charge in [0.05, 0.1) is 42.7 Å². The fourth-order valence-corrected chi connectivity index (χ4v) is 5.23. The average Bonchev–Trinajstić information content (AvgIpc) is 3.42. The summed E-state index contributed by atoms with van der Waals surface area (Å²) in [5.74, 6) is -0.847. The summed E-state index contributed by atoms with van der Waals surface area (Å²) in [4.78, 5) is 27.3. The highest BCUT2D eigenvalue weighted by atomic mass is 16.7. The lowest BCUT2D eigenvalue weighted by Gasteiger charge is -2.36. The molecule has 9 nitrogen and oxygen atoms in total. The quantitative estimate of drug-likeness (QED) is 0.183. The number of carboxylic acid groups (broad SMARTS) is 1. The highest BCUT2D eigenvalue weighted by Gasteiger charge is 2.32. The lowest BCUT2D eigenvalue weighted by molar-refractivity contribution is -0.252. The van der Waals surface area contributed by atoms with Gasteiger partial charge in [-0.25, -0.2) is 4.98 Å². The molecule has 0 saturated carbocycles. The summed E-state index contributed by atoms with van der Waals surface area (Å²) in [5, 5.41) is 21.1. The number of unbranched alkanes of at least 4 members (excludes halogenated alkanes) is 2. The van der Waals surface area contributed by atoms with E-state index in [0.29, 0.717) is 38.8 Å². The smallest absolute Gasteiger partial charge is 0.303 e. The molecule has 1 aliphatic heterocycles. The van der Waals surface area contributed by atoms with Crippen LogP contribution in [0.5, 0.6) is 0 Å². The molecule has 0 spiro atoms. The number of amides is 1. The van der Waals surface area contributed by atoms with Crippen LogP contribution in [0.25, 0.3) is 11.0 Å². The highest BCUT2D eigenvalue weighted by molar-refractivity contribution is 5.76. The number of para-hydroxylation sites is 2. The number of hydrogen-bond acceptors (Lipinski definition) is 6. The Morgan fingerprint density at radius 3 is 2.36 bits per heavy atom. The molecule has 1 saturated heterocycles. The largest absolute Gasteiger partial charge is 0.481 e. The lowest BCUT2D eigenvalue weighted by atomic mass is 9.99. The van der Waals surface area contributed by atoms with Crippen molar-refractivity contribution in [3.63, 3.8) is 0 Å². The minimum Gasteiger partial charge on any atom is -0.481 e. The van der Waals surface area contributed by atoms with Crippen LogP contribution in [0.3, 0.4) is 0 Å². The minimum absolute atomic E-state index is 0.00648. The molecule has 4 aromatic rings. The van der Waals surface area contributed by atoms with E-state index in [1.807, 2.05) is 73.1 Å². The number of carbonyl (C=O) groups excluding carboxylic acids is 1. The highest BCUT2D eigenvalue weighted by Crippen LogP contribution is 2.38. The fourth-order valence-electron chi connectivity index (χ4n) is 5.23. The second-order valence-corrected chi connectivity index (χ2v) is 10.7. The van der Waals surface area contributed by atoms with Gasteiger partial charge < -0.3 is 29.6 Å². The van der Waals surface area contributed by atoms with Crippen LogP contribution in [-0.4, -0.2) is 37.7 Å². The standard InChI is InChI=1S/C33H37N3O6/c37-21-24-12-14-25(15-13-24)30-18-27(20-36-22-35-28-6-4-5-7-29(28)36)41-33(42-30)26-16-10-23(11-17-26)19-34-31(38)8-2-1-3-9-32(39)40/h4-7,10-17,22,27,30,33,37H,1-3,8-9,18-21H2,(H,34,38)(H,39,40)/t27-,30+,33+/m0/s1. The number of imidazole rings is 1. The van der Waals surface area contributed by atoms with Crippen molar-refractivity contribution >= 4 is 22.9 Å². The number of hydrogen-bond donors (Lipinski definition) is 3. The summed E-state index contributed by atoms with van der Waals surface area (Å²) in [6.07, 6.45) is 4.14. The molecule has 0 unspecified atom stereocenters. The van der Waals surface area contributed by atoms with Gasteiger partial charge in [0, 0.05) is 31.4 Å². The van der Waals surface area contributed by atoms with Gasteiger partial charge in [0.1, 0.15) is 0 Å². The average molecular weight is 572 g/mol. The molecule has 1 fully saturated rings. The van der Waals surface area contributed by atoms with E-state index >= 15 is 0 Å². The first-order valence-electron chi connectivity index (χ1n) is 14.5. The van der Waals surface area contributed by atoms with Gasteiger partial charge in [-0.2, -0.15) is 0 Å². The molecule has 42 heavy (non-hydrogen) atoms. The van der Waals surface area contributed by atoms with Crippen molar-refractivity contribution in [1.29, 1.82) is 0 Å². The van der Waals surface area contributed by atoms with Crippen molar-refractivity contribution < 1.29 is 29.3 Å². The molecule has 1 aliphatic rings. The third-order valence-electron chi connectivity index (χ3n) is 7.58. The first-order valence-corrected chi connectivity index (χ1v) is 14.5. The van der Waals surface area contributed by atoms with E-state index in [2.05, 4.69) is 20.9 Å². The Balaban J connectivity index is 1.23. The summed E-state index contributed by atoms with van der Waals surface area (Å²) in [6, 6.07) is 23.7. The Morgan fingerprint density at radius 2 is 1.60 bits per heavy atom. The third-order valence-corrected chi connectivity index (χ3v) is 7.58. The van der Waals surface area contributed by atoms with E-state index in [-0.39, 0.29) is 31.1 Å². The predicted octanol–water partition coefficient (Wildman–Crippen LogP) is 5.43. The van der Waals surface area contributed by atoms with E-state index in [4.69, 9.17) is 14.6 Å². The molecule has 2 heterocycles. The first-order chi connectivity index (χ1) is 20.5.